The van der Waals surface area contributed by atoms with E-state index in [1.807, 2.05) is 5.38 Å². The van der Waals surface area contributed by atoms with E-state index >= 15 is 0 Å². The van der Waals surface area contributed by atoms with E-state index in [1.54, 1.807) is 11.3 Å². The molecule has 1 fully saturated rings. The minimum Gasteiger partial charge on any atom is -0.480 e. The average molecular weight is 318 g/mol. The van der Waals surface area contributed by atoms with Gasteiger partial charge in [-0.2, -0.15) is 0 Å². The number of halogens is 1. The quantitative estimate of drug-likeness (QED) is 0.905. The first-order valence-corrected chi connectivity index (χ1v) is 7.51. The Bertz CT molecular complexity index is 388. The molecule has 1 saturated carbocycles. The molecule has 1 aliphatic carbocycles. The fourth-order valence-electron chi connectivity index (χ4n) is 2.39. The molecule has 3 nitrogen and oxygen atoms in total. The van der Waals surface area contributed by atoms with Gasteiger partial charge < -0.3 is 5.11 Å². The standard InChI is InChI=1S/C12H16BrNO2S/c13-9-5-11(17-8-9)6-14(7-12(15)16)10-3-1-2-4-10/h5,8,10H,1-4,6-7H2,(H,15,16). The normalized spacial score (nSPS) is 16.8. The molecule has 2 rings (SSSR count). The fraction of sp³-hybridized carbons (Fsp3) is 0.583. The second-order valence-electron chi connectivity index (χ2n) is 4.47. The number of thiophene rings is 1. The molecule has 94 valence electrons. The first kappa shape index (κ1) is 13.1. The monoisotopic (exact) mass is 317 g/mol. The fourth-order valence-corrected chi connectivity index (χ4v) is 3.87. The number of hydrogen-bond donors (Lipinski definition) is 1. The molecule has 0 spiro atoms. The molecule has 0 bridgehead atoms. The van der Waals surface area contributed by atoms with Crippen LogP contribution < -0.4 is 0 Å². The van der Waals surface area contributed by atoms with Gasteiger partial charge in [0.15, 0.2) is 0 Å². The zero-order chi connectivity index (χ0) is 12.3. The molecule has 0 aliphatic heterocycles. The van der Waals surface area contributed by atoms with Crippen molar-refractivity contribution in [3.8, 4) is 0 Å². The Labute approximate surface area is 114 Å². The molecule has 17 heavy (non-hydrogen) atoms. The summed E-state index contributed by atoms with van der Waals surface area (Å²) in [5.74, 6) is -0.729. The van der Waals surface area contributed by atoms with Crippen molar-refractivity contribution in [1.29, 1.82) is 0 Å². The van der Waals surface area contributed by atoms with Crippen molar-refractivity contribution < 1.29 is 9.90 Å². The molecule has 0 saturated heterocycles. The van der Waals surface area contributed by atoms with Crippen LogP contribution >= 0.6 is 27.3 Å². The van der Waals surface area contributed by atoms with E-state index in [2.05, 4.69) is 26.9 Å². The summed E-state index contributed by atoms with van der Waals surface area (Å²) in [6, 6.07) is 2.53. The van der Waals surface area contributed by atoms with Crippen molar-refractivity contribution in [3.05, 3.63) is 20.8 Å². The average Bonchev–Trinajstić information content (AvgIpc) is 2.87. The van der Waals surface area contributed by atoms with Crippen LogP contribution in [-0.4, -0.2) is 28.6 Å². The van der Waals surface area contributed by atoms with Gasteiger partial charge in [-0.25, -0.2) is 0 Å². The van der Waals surface area contributed by atoms with Gasteiger partial charge in [-0.15, -0.1) is 11.3 Å². The first-order valence-electron chi connectivity index (χ1n) is 5.84. The van der Waals surface area contributed by atoms with Crippen LogP contribution in [0.3, 0.4) is 0 Å². The van der Waals surface area contributed by atoms with Gasteiger partial charge in [-0.1, -0.05) is 12.8 Å². The van der Waals surface area contributed by atoms with E-state index in [1.165, 1.54) is 17.7 Å². The Balaban J connectivity index is 2.01. The van der Waals surface area contributed by atoms with Crippen molar-refractivity contribution in [1.82, 2.24) is 4.90 Å². The minimum absolute atomic E-state index is 0.153. The molecule has 0 aromatic carbocycles. The smallest absolute Gasteiger partial charge is 0.317 e. The van der Waals surface area contributed by atoms with Gasteiger partial charge in [0.05, 0.1) is 6.54 Å². The SMILES string of the molecule is O=C(O)CN(Cc1cc(Br)cs1)C1CCCC1. The maximum absolute atomic E-state index is 10.9. The number of carbonyl (C=O) groups is 1. The number of aliphatic carboxylic acids is 1. The van der Waals surface area contributed by atoms with Crippen molar-refractivity contribution in [3.63, 3.8) is 0 Å². The summed E-state index contributed by atoms with van der Waals surface area (Å²) < 4.78 is 1.08. The third kappa shape index (κ3) is 3.79. The second-order valence-corrected chi connectivity index (χ2v) is 6.38. The largest absolute Gasteiger partial charge is 0.480 e. The van der Waals surface area contributed by atoms with Gasteiger partial charge in [-0.05, 0) is 34.8 Å². The molecule has 0 unspecified atom stereocenters. The first-order chi connectivity index (χ1) is 8.15. The second kappa shape index (κ2) is 5.98. The van der Waals surface area contributed by atoms with E-state index in [9.17, 15) is 4.79 Å². The molecule has 5 heteroatoms. The minimum atomic E-state index is -0.729. The summed E-state index contributed by atoms with van der Waals surface area (Å²) in [5.41, 5.74) is 0. The van der Waals surface area contributed by atoms with Gasteiger partial charge in [0.25, 0.3) is 0 Å². The van der Waals surface area contributed by atoms with E-state index in [0.29, 0.717) is 6.04 Å². The molecule has 1 aromatic heterocycles. The van der Waals surface area contributed by atoms with Crippen LogP contribution in [0.1, 0.15) is 30.6 Å². The van der Waals surface area contributed by atoms with E-state index in [-0.39, 0.29) is 6.54 Å². The lowest BCUT2D eigenvalue weighted by atomic mass is 10.2. The summed E-state index contributed by atoms with van der Waals surface area (Å²) in [6.07, 6.45) is 4.74. The van der Waals surface area contributed by atoms with Gasteiger partial charge >= 0.3 is 5.97 Å². The van der Waals surface area contributed by atoms with Crippen LogP contribution in [-0.2, 0) is 11.3 Å². The number of nitrogens with zero attached hydrogens (tertiary/aromatic N) is 1. The van der Waals surface area contributed by atoms with Crippen LogP contribution in [0.2, 0.25) is 0 Å². The molecule has 0 radical (unpaired) electrons. The van der Waals surface area contributed by atoms with Gasteiger partial charge in [0.2, 0.25) is 0 Å². The summed E-state index contributed by atoms with van der Waals surface area (Å²) in [5, 5.41) is 11.0. The van der Waals surface area contributed by atoms with Crippen molar-refractivity contribution >= 4 is 33.2 Å². The zero-order valence-electron chi connectivity index (χ0n) is 9.56. The number of rotatable bonds is 5. The highest BCUT2D eigenvalue weighted by Gasteiger charge is 2.24. The van der Waals surface area contributed by atoms with E-state index < -0.39 is 5.97 Å². The van der Waals surface area contributed by atoms with Crippen molar-refractivity contribution in [2.24, 2.45) is 0 Å². The molecule has 1 aromatic rings. The maximum atomic E-state index is 10.9. The molecule has 1 heterocycles. The summed E-state index contributed by atoms with van der Waals surface area (Å²) in [6.45, 7) is 0.910. The number of carboxylic acid groups (broad SMARTS) is 1. The lowest BCUT2D eigenvalue weighted by molar-refractivity contribution is -0.139. The van der Waals surface area contributed by atoms with E-state index in [4.69, 9.17) is 5.11 Å². The van der Waals surface area contributed by atoms with Crippen LogP contribution in [0.25, 0.3) is 0 Å². The third-order valence-corrected chi connectivity index (χ3v) is 4.84. The van der Waals surface area contributed by atoms with Crippen LogP contribution in [0.15, 0.2) is 15.9 Å². The highest BCUT2D eigenvalue weighted by Crippen LogP contribution is 2.27. The highest BCUT2D eigenvalue weighted by atomic mass is 79.9. The summed E-state index contributed by atoms with van der Waals surface area (Å²) >= 11 is 5.11. The van der Waals surface area contributed by atoms with E-state index in [0.717, 1.165) is 23.9 Å². The van der Waals surface area contributed by atoms with Crippen LogP contribution in [0, 0.1) is 0 Å². The Morgan fingerprint density at radius 1 is 1.53 bits per heavy atom. The van der Waals surface area contributed by atoms with Gasteiger partial charge in [0.1, 0.15) is 0 Å². The molecule has 1 aliphatic rings. The molecule has 0 amide bonds. The Kier molecular flexibility index (Phi) is 4.59. The van der Waals surface area contributed by atoms with Gasteiger partial charge in [0, 0.05) is 27.3 Å². The predicted molar refractivity (Wildman–Crippen MR) is 72.3 cm³/mol. The Morgan fingerprint density at radius 2 is 2.24 bits per heavy atom. The van der Waals surface area contributed by atoms with Crippen LogP contribution in [0.4, 0.5) is 0 Å². The van der Waals surface area contributed by atoms with Crippen molar-refractivity contribution in [2.45, 2.75) is 38.3 Å². The zero-order valence-corrected chi connectivity index (χ0v) is 12.0. The maximum Gasteiger partial charge on any atom is 0.317 e. The Morgan fingerprint density at radius 3 is 2.76 bits per heavy atom. The molecular formula is C12H16BrNO2S. The summed E-state index contributed by atoms with van der Waals surface area (Å²) in [7, 11) is 0. The summed E-state index contributed by atoms with van der Waals surface area (Å²) in [4.78, 5) is 14.2. The van der Waals surface area contributed by atoms with Crippen LogP contribution in [0.5, 0.6) is 0 Å². The third-order valence-electron chi connectivity index (χ3n) is 3.16. The highest BCUT2D eigenvalue weighted by molar-refractivity contribution is 9.10. The molecule has 0 atom stereocenters. The predicted octanol–water partition coefficient (Wildman–Crippen LogP) is 3.34. The molecular weight excluding hydrogens is 302 g/mol. The molecule has 1 N–H and O–H groups in total. The Hall–Kier alpha value is -0.390. The van der Waals surface area contributed by atoms with Gasteiger partial charge in [-0.3, -0.25) is 9.69 Å². The topological polar surface area (TPSA) is 40.5 Å². The lowest BCUT2D eigenvalue weighted by Gasteiger charge is -2.26. The lowest BCUT2D eigenvalue weighted by Crippen LogP contribution is -2.36. The number of carboxylic acids is 1. The number of hydrogen-bond acceptors (Lipinski definition) is 3. The van der Waals surface area contributed by atoms with Crippen molar-refractivity contribution in [2.75, 3.05) is 6.54 Å².